The molecule has 0 aliphatic rings. The standard InChI is InChI=1S/C12H13ClFN3S/c1-15-6-2-3-11-16-17-12(18-11)8-4-5-10(14)9(13)7-8/h4-5,7,15H,2-3,6H2,1H3. The Balaban J connectivity index is 2.11. The van der Waals surface area contributed by atoms with Crippen LogP contribution in [0.4, 0.5) is 4.39 Å². The summed E-state index contributed by atoms with van der Waals surface area (Å²) in [6.45, 7) is 0.956. The maximum Gasteiger partial charge on any atom is 0.147 e. The molecule has 0 spiro atoms. The quantitative estimate of drug-likeness (QED) is 0.858. The van der Waals surface area contributed by atoms with Gasteiger partial charge in [-0.05, 0) is 38.2 Å². The van der Waals surface area contributed by atoms with Gasteiger partial charge in [0.05, 0.1) is 5.02 Å². The molecule has 18 heavy (non-hydrogen) atoms. The summed E-state index contributed by atoms with van der Waals surface area (Å²) < 4.78 is 13.1. The molecular weight excluding hydrogens is 273 g/mol. The van der Waals surface area contributed by atoms with Gasteiger partial charge in [-0.15, -0.1) is 10.2 Å². The predicted molar refractivity (Wildman–Crippen MR) is 72.6 cm³/mol. The molecule has 6 heteroatoms. The predicted octanol–water partition coefficient (Wildman–Crippen LogP) is 3.15. The summed E-state index contributed by atoms with van der Waals surface area (Å²) in [7, 11) is 1.92. The first-order chi connectivity index (χ1) is 8.70. The Kier molecular flexibility index (Phi) is 4.63. The van der Waals surface area contributed by atoms with Gasteiger partial charge >= 0.3 is 0 Å². The van der Waals surface area contributed by atoms with Gasteiger partial charge in [0.25, 0.3) is 0 Å². The molecule has 2 aromatic rings. The number of nitrogens with zero attached hydrogens (tertiary/aromatic N) is 2. The van der Waals surface area contributed by atoms with E-state index in [2.05, 4.69) is 15.5 Å². The van der Waals surface area contributed by atoms with Gasteiger partial charge in [0.1, 0.15) is 15.8 Å². The van der Waals surface area contributed by atoms with Crippen LogP contribution in [-0.2, 0) is 6.42 Å². The molecular formula is C12H13ClFN3S. The van der Waals surface area contributed by atoms with Crippen LogP contribution in [0.5, 0.6) is 0 Å². The van der Waals surface area contributed by atoms with Gasteiger partial charge < -0.3 is 5.32 Å². The average Bonchev–Trinajstić information content (AvgIpc) is 2.82. The van der Waals surface area contributed by atoms with Crippen LogP contribution in [0.3, 0.4) is 0 Å². The number of hydrogen-bond donors (Lipinski definition) is 1. The van der Waals surface area contributed by atoms with Gasteiger partial charge in [-0.25, -0.2) is 4.39 Å². The number of aryl methyl sites for hydroxylation is 1. The van der Waals surface area contributed by atoms with Gasteiger partial charge in [-0.2, -0.15) is 0 Å². The molecule has 1 heterocycles. The third-order valence-electron chi connectivity index (χ3n) is 2.45. The molecule has 0 radical (unpaired) electrons. The molecule has 2 rings (SSSR count). The van der Waals surface area contributed by atoms with E-state index in [9.17, 15) is 4.39 Å². The fourth-order valence-electron chi connectivity index (χ4n) is 1.52. The van der Waals surface area contributed by atoms with Crippen molar-refractivity contribution < 1.29 is 4.39 Å². The zero-order valence-corrected chi connectivity index (χ0v) is 11.5. The second-order valence-corrected chi connectivity index (χ2v) is 5.31. The summed E-state index contributed by atoms with van der Waals surface area (Å²) >= 11 is 7.27. The highest BCUT2D eigenvalue weighted by molar-refractivity contribution is 7.14. The number of hydrogen-bond acceptors (Lipinski definition) is 4. The van der Waals surface area contributed by atoms with Gasteiger partial charge in [0.2, 0.25) is 0 Å². The summed E-state index contributed by atoms with van der Waals surface area (Å²) in [5.74, 6) is -0.417. The molecule has 96 valence electrons. The molecule has 0 atom stereocenters. The van der Waals surface area contributed by atoms with Crippen molar-refractivity contribution >= 4 is 22.9 Å². The number of nitrogens with one attached hydrogen (secondary N) is 1. The molecule has 1 N–H and O–H groups in total. The lowest BCUT2D eigenvalue weighted by atomic mass is 10.2. The van der Waals surface area contributed by atoms with E-state index in [0.29, 0.717) is 0 Å². The van der Waals surface area contributed by atoms with E-state index in [0.717, 1.165) is 35.0 Å². The van der Waals surface area contributed by atoms with Gasteiger partial charge in [0, 0.05) is 12.0 Å². The Bertz CT molecular complexity index is 530. The van der Waals surface area contributed by atoms with Crippen LogP contribution >= 0.6 is 22.9 Å². The van der Waals surface area contributed by atoms with Crippen molar-refractivity contribution in [3.05, 3.63) is 34.0 Å². The fourth-order valence-corrected chi connectivity index (χ4v) is 2.58. The summed E-state index contributed by atoms with van der Waals surface area (Å²) in [5, 5.41) is 13.2. The van der Waals surface area contributed by atoms with Crippen molar-refractivity contribution in [2.24, 2.45) is 0 Å². The van der Waals surface area contributed by atoms with Crippen molar-refractivity contribution in [3.63, 3.8) is 0 Å². The van der Waals surface area contributed by atoms with Gasteiger partial charge in [-0.3, -0.25) is 0 Å². The first-order valence-electron chi connectivity index (χ1n) is 5.63. The molecule has 0 saturated carbocycles. The van der Waals surface area contributed by atoms with Crippen molar-refractivity contribution in [3.8, 4) is 10.6 Å². The van der Waals surface area contributed by atoms with E-state index in [1.165, 1.54) is 17.4 Å². The minimum atomic E-state index is -0.417. The Morgan fingerprint density at radius 3 is 2.94 bits per heavy atom. The van der Waals surface area contributed by atoms with Crippen molar-refractivity contribution in [1.29, 1.82) is 0 Å². The van der Waals surface area contributed by atoms with Gasteiger partial charge in [0.15, 0.2) is 0 Å². The molecule has 0 amide bonds. The van der Waals surface area contributed by atoms with Crippen LogP contribution in [0.1, 0.15) is 11.4 Å². The Morgan fingerprint density at radius 1 is 1.39 bits per heavy atom. The number of aromatic nitrogens is 2. The number of benzene rings is 1. The highest BCUT2D eigenvalue weighted by Crippen LogP contribution is 2.27. The van der Waals surface area contributed by atoms with Crippen LogP contribution < -0.4 is 5.32 Å². The van der Waals surface area contributed by atoms with Crippen LogP contribution in [0.25, 0.3) is 10.6 Å². The molecule has 0 saturated heterocycles. The minimum absolute atomic E-state index is 0.111. The van der Waals surface area contributed by atoms with E-state index in [1.807, 2.05) is 7.05 Å². The maximum absolute atomic E-state index is 13.1. The minimum Gasteiger partial charge on any atom is -0.320 e. The molecule has 0 unspecified atom stereocenters. The highest BCUT2D eigenvalue weighted by Gasteiger charge is 2.08. The third-order valence-corrected chi connectivity index (χ3v) is 3.77. The van der Waals surface area contributed by atoms with E-state index in [4.69, 9.17) is 11.6 Å². The second-order valence-electron chi connectivity index (χ2n) is 3.84. The normalized spacial score (nSPS) is 10.8. The first-order valence-corrected chi connectivity index (χ1v) is 6.82. The Labute approximate surface area is 114 Å². The Hall–Kier alpha value is -1.04. The monoisotopic (exact) mass is 285 g/mol. The van der Waals surface area contributed by atoms with E-state index < -0.39 is 5.82 Å². The molecule has 1 aromatic carbocycles. The summed E-state index contributed by atoms with van der Waals surface area (Å²) in [5.41, 5.74) is 0.804. The lowest BCUT2D eigenvalue weighted by molar-refractivity contribution is 0.628. The first kappa shape index (κ1) is 13.4. The average molecular weight is 286 g/mol. The summed E-state index contributed by atoms with van der Waals surface area (Å²) in [4.78, 5) is 0. The zero-order chi connectivity index (χ0) is 13.0. The highest BCUT2D eigenvalue weighted by atomic mass is 35.5. The smallest absolute Gasteiger partial charge is 0.147 e. The van der Waals surface area contributed by atoms with Crippen LogP contribution in [0.15, 0.2) is 18.2 Å². The summed E-state index contributed by atoms with van der Waals surface area (Å²) in [6.07, 6.45) is 1.92. The van der Waals surface area contributed by atoms with Crippen LogP contribution in [-0.4, -0.2) is 23.8 Å². The van der Waals surface area contributed by atoms with E-state index in [1.54, 1.807) is 12.1 Å². The SMILES string of the molecule is CNCCCc1nnc(-c2ccc(F)c(Cl)c2)s1. The van der Waals surface area contributed by atoms with Crippen molar-refractivity contribution in [2.45, 2.75) is 12.8 Å². The van der Waals surface area contributed by atoms with Crippen LogP contribution in [0, 0.1) is 5.82 Å². The molecule has 1 aromatic heterocycles. The molecule has 0 bridgehead atoms. The lowest BCUT2D eigenvalue weighted by Crippen LogP contribution is -2.08. The van der Waals surface area contributed by atoms with E-state index >= 15 is 0 Å². The molecule has 0 aliphatic carbocycles. The van der Waals surface area contributed by atoms with Crippen molar-refractivity contribution in [1.82, 2.24) is 15.5 Å². The van der Waals surface area contributed by atoms with Crippen molar-refractivity contribution in [2.75, 3.05) is 13.6 Å². The maximum atomic E-state index is 13.1. The lowest BCUT2D eigenvalue weighted by Gasteiger charge is -1.97. The molecule has 0 fully saturated rings. The Morgan fingerprint density at radius 2 is 2.22 bits per heavy atom. The molecule has 3 nitrogen and oxygen atoms in total. The summed E-state index contributed by atoms with van der Waals surface area (Å²) in [6, 6.07) is 4.59. The largest absolute Gasteiger partial charge is 0.320 e. The zero-order valence-electron chi connectivity index (χ0n) is 9.91. The van der Waals surface area contributed by atoms with Crippen LogP contribution in [0.2, 0.25) is 5.02 Å². The fraction of sp³-hybridized carbons (Fsp3) is 0.333. The van der Waals surface area contributed by atoms with Gasteiger partial charge in [-0.1, -0.05) is 22.9 Å². The number of rotatable bonds is 5. The molecule has 0 aliphatic heterocycles. The van der Waals surface area contributed by atoms with E-state index in [-0.39, 0.29) is 5.02 Å². The third kappa shape index (κ3) is 3.25. The second kappa shape index (κ2) is 6.22. The number of halogens is 2. The topological polar surface area (TPSA) is 37.8 Å².